The molecule has 2 aromatic heterocycles. The van der Waals surface area contributed by atoms with Crippen LogP contribution in [-0.4, -0.2) is 9.97 Å². The number of allylic oxidation sites excluding steroid dienone is 9. The molecule has 220 valence electrons. The van der Waals surface area contributed by atoms with Gasteiger partial charge in [0.25, 0.3) is 0 Å². The third-order valence-electron chi connectivity index (χ3n) is 4.75. The van der Waals surface area contributed by atoms with E-state index >= 15 is 0 Å². The van der Waals surface area contributed by atoms with Crippen LogP contribution in [0.5, 0.6) is 0 Å². The summed E-state index contributed by atoms with van der Waals surface area (Å²) in [5, 5.41) is 0. The van der Waals surface area contributed by atoms with Crippen molar-refractivity contribution >= 4 is 11.8 Å². The Bertz CT molecular complexity index is 1200. The van der Waals surface area contributed by atoms with E-state index in [1.165, 1.54) is 5.57 Å². The van der Waals surface area contributed by atoms with Gasteiger partial charge in [0.15, 0.2) is 0 Å². The van der Waals surface area contributed by atoms with Crippen LogP contribution in [0.1, 0.15) is 61.1 Å². The molecule has 0 aliphatic heterocycles. The molecule has 0 saturated carbocycles. The van der Waals surface area contributed by atoms with Gasteiger partial charge in [0, 0.05) is 42.0 Å². The van der Waals surface area contributed by atoms with Crippen molar-refractivity contribution in [3.05, 3.63) is 132 Å². The van der Waals surface area contributed by atoms with Crippen LogP contribution in [-0.2, 0) is 26.5 Å². The Labute approximate surface area is 260 Å². The molecule has 0 saturated heterocycles. The van der Waals surface area contributed by atoms with Crippen molar-refractivity contribution < 1.29 is 29.8 Å². The van der Waals surface area contributed by atoms with E-state index in [9.17, 15) is 8.78 Å². The fourth-order valence-electron chi connectivity index (χ4n) is 2.59. The van der Waals surface area contributed by atoms with Gasteiger partial charge in [-0.25, -0.2) is 8.78 Å². The van der Waals surface area contributed by atoms with E-state index in [1.807, 2.05) is 65.0 Å². The molecule has 0 spiro atoms. The molecule has 0 aromatic carbocycles. The Balaban J connectivity index is 0. The zero-order chi connectivity index (χ0) is 30.0. The van der Waals surface area contributed by atoms with Crippen LogP contribution < -0.4 is 0 Å². The second kappa shape index (κ2) is 21.2. The van der Waals surface area contributed by atoms with Gasteiger partial charge in [0.2, 0.25) is 0 Å². The van der Waals surface area contributed by atoms with E-state index in [0.29, 0.717) is 11.6 Å². The minimum atomic E-state index is -0.895. The summed E-state index contributed by atoms with van der Waals surface area (Å²) in [7, 11) is 0. The molecular weight excluding hydrogens is 702 g/mol. The number of hydrogen-bond donors (Lipinski definition) is 0. The Kier molecular flexibility index (Phi) is 20.9. The fourth-order valence-corrected chi connectivity index (χ4v) is 3.28. The van der Waals surface area contributed by atoms with E-state index in [0.717, 1.165) is 21.6 Å². The van der Waals surface area contributed by atoms with E-state index in [-0.39, 0.29) is 32.0 Å². The number of halogens is 2. The first-order valence-electron chi connectivity index (χ1n) is 12.8. The predicted octanol–water partition coefficient (Wildman–Crippen LogP) is 10.7. The van der Waals surface area contributed by atoms with Gasteiger partial charge in [-0.15, -0.1) is 6.07 Å². The first-order chi connectivity index (χ1) is 18.3. The number of hydrogen-bond acceptors (Lipinski definition) is 3. The second-order valence-corrected chi connectivity index (χ2v) is 11.0. The summed E-state index contributed by atoms with van der Waals surface area (Å²) in [4.78, 5) is 9.59. The first kappa shape index (κ1) is 39.5. The first-order valence-corrected chi connectivity index (χ1v) is 13.6. The van der Waals surface area contributed by atoms with E-state index in [2.05, 4.69) is 74.8 Å². The Morgan fingerprint density at radius 1 is 1.05 bits per heavy atom. The van der Waals surface area contributed by atoms with Gasteiger partial charge in [-0.3, -0.25) is 4.98 Å². The molecular formula is C34H43F2N2PtS-. The summed E-state index contributed by atoms with van der Waals surface area (Å²) in [6.45, 7) is 27.9. The third kappa shape index (κ3) is 17.1. The Morgan fingerprint density at radius 3 is 2.15 bits per heavy atom. The molecule has 0 atom stereocenters. The zero-order valence-electron chi connectivity index (χ0n) is 25.0. The van der Waals surface area contributed by atoms with E-state index < -0.39 is 11.9 Å². The van der Waals surface area contributed by atoms with Crippen LogP contribution in [0, 0.1) is 23.9 Å². The SMILES string of the molecule is C=C(/C=C\C(C)C)SC(=C)/C(C)=C/C=C\C.C=C/C=C\C.CC(C)(C)c1cccc(-c2[c-]cc(F)nc2F)n1.[Pt]. The number of aromatic nitrogens is 2. The van der Waals surface area contributed by atoms with Crippen molar-refractivity contribution in [2.24, 2.45) is 5.92 Å². The van der Waals surface area contributed by atoms with Crippen molar-refractivity contribution in [2.75, 3.05) is 0 Å². The number of rotatable bonds is 8. The molecule has 2 heterocycles. The zero-order valence-corrected chi connectivity index (χ0v) is 28.1. The molecule has 0 aliphatic carbocycles. The van der Waals surface area contributed by atoms with Crippen LogP contribution in [0.3, 0.4) is 0 Å². The van der Waals surface area contributed by atoms with Crippen LogP contribution in [0.4, 0.5) is 8.78 Å². The van der Waals surface area contributed by atoms with Crippen molar-refractivity contribution in [3.63, 3.8) is 0 Å². The number of nitrogens with zero attached hydrogens (tertiary/aromatic N) is 2. The Morgan fingerprint density at radius 2 is 1.68 bits per heavy atom. The molecule has 6 heteroatoms. The summed E-state index contributed by atoms with van der Waals surface area (Å²) in [6.07, 6.45) is 15.9. The van der Waals surface area contributed by atoms with Gasteiger partial charge < -0.3 is 4.98 Å². The van der Waals surface area contributed by atoms with Crippen molar-refractivity contribution in [1.29, 1.82) is 0 Å². The van der Waals surface area contributed by atoms with E-state index in [4.69, 9.17) is 0 Å². The standard InChI is InChI=1S/C15H22S.C14H13F2N2.C5H8.Pt/c1-7-8-9-13(4)15(6)16-14(5)11-10-12(2)3;1-14(2,3)11-6-4-5-10(17-11)9-7-8-12(15)18-13(9)16;1-3-5-4-2;/h7-12H,5-6H2,1-4H3;4-6,8H,1-3H3;3-5H,1H2,2H3;/q;-1;;/b8-7-,11-10-,13-9+;;5-4-;. The molecule has 0 aliphatic rings. The van der Waals surface area contributed by atoms with Crippen molar-refractivity contribution in [3.8, 4) is 11.3 Å². The molecule has 0 fully saturated rings. The molecule has 2 rings (SSSR count). The smallest absolute Gasteiger partial charge is 0.128 e. The van der Waals surface area contributed by atoms with Gasteiger partial charge in [0.1, 0.15) is 11.9 Å². The quantitative estimate of drug-likeness (QED) is 0.153. The van der Waals surface area contributed by atoms with Crippen molar-refractivity contribution in [1.82, 2.24) is 9.97 Å². The Hall–Kier alpha value is -2.62. The summed E-state index contributed by atoms with van der Waals surface area (Å²) >= 11 is 1.62. The molecule has 0 bridgehead atoms. The maximum Gasteiger partial charge on any atom is 0.128 e. The maximum atomic E-state index is 13.5. The normalized spacial score (nSPS) is 11.5. The fraction of sp³-hybridized carbons (Fsp3) is 0.294. The molecule has 0 radical (unpaired) electrons. The molecule has 0 amide bonds. The van der Waals surface area contributed by atoms with Crippen LogP contribution in [0.2, 0.25) is 0 Å². The average molecular weight is 745 g/mol. The van der Waals surface area contributed by atoms with Gasteiger partial charge >= 0.3 is 0 Å². The molecule has 2 aromatic rings. The minimum Gasteiger partial charge on any atom is -0.301 e. The van der Waals surface area contributed by atoms with Gasteiger partial charge in [-0.1, -0.05) is 138 Å². The molecule has 2 nitrogen and oxygen atoms in total. The van der Waals surface area contributed by atoms with E-state index in [1.54, 1.807) is 30.0 Å². The maximum absolute atomic E-state index is 13.5. The summed E-state index contributed by atoms with van der Waals surface area (Å²) in [5.41, 5.74) is 2.37. The second-order valence-electron chi connectivity index (χ2n) is 9.78. The summed E-state index contributed by atoms with van der Waals surface area (Å²) in [6, 6.07) is 8.85. The van der Waals surface area contributed by atoms with Crippen LogP contribution in [0.15, 0.2) is 108 Å². The summed E-state index contributed by atoms with van der Waals surface area (Å²) in [5.74, 6) is -1.22. The molecule has 40 heavy (non-hydrogen) atoms. The topological polar surface area (TPSA) is 25.8 Å². The van der Waals surface area contributed by atoms with Crippen LogP contribution >= 0.6 is 11.8 Å². The largest absolute Gasteiger partial charge is 0.301 e. The van der Waals surface area contributed by atoms with Crippen molar-refractivity contribution in [2.45, 2.75) is 60.8 Å². The predicted molar refractivity (Wildman–Crippen MR) is 168 cm³/mol. The minimum absolute atomic E-state index is 0. The van der Waals surface area contributed by atoms with Gasteiger partial charge in [0.05, 0.1) is 0 Å². The molecule has 0 unspecified atom stereocenters. The third-order valence-corrected chi connectivity index (χ3v) is 5.72. The van der Waals surface area contributed by atoms with Gasteiger partial charge in [-0.05, 0) is 44.0 Å². The number of thioether (sulfide) groups is 1. The monoisotopic (exact) mass is 744 g/mol. The summed E-state index contributed by atoms with van der Waals surface area (Å²) < 4.78 is 26.3. The average Bonchev–Trinajstić information content (AvgIpc) is 2.87. The van der Waals surface area contributed by atoms with Crippen LogP contribution in [0.25, 0.3) is 11.3 Å². The van der Waals surface area contributed by atoms with Gasteiger partial charge in [-0.2, -0.15) is 0 Å². The number of pyridine rings is 2. The molecule has 0 N–H and O–H groups in total.